The Bertz CT molecular complexity index is 365. The summed E-state index contributed by atoms with van der Waals surface area (Å²) in [4.78, 5) is 24.2. The van der Waals surface area contributed by atoms with E-state index in [1.54, 1.807) is 11.8 Å². The third kappa shape index (κ3) is 2.45. The Morgan fingerprint density at radius 1 is 1.62 bits per heavy atom. The second-order valence-corrected chi connectivity index (χ2v) is 3.97. The molecule has 0 spiro atoms. The molecule has 0 aromatic heterocycles. The monoisotopic (exact) mass is 222 g/mol. The van der Waals surface area contributed by atoms with Crippen molar-refractivity contribution in [2.45, 2.75) is 31.9 Å². The van der Waals surface area contributed by atoms with E-state index < -0.39 is 0 Å². The van der Waals surface area contributed by atoms with Gasteiger partial charge in [0, 0.05) is 6.04 Å². The molecule has 5 nitrogen and oxygen atoms in total. The Labute approximate surface area is 94.1 Å². The molecule has 2 rings (SSSR count). The first kappa shape index (κ1) is 10.8. The van der Waals surface area contributed by atoms with Crippen LogP contribution >= 0.6 is 0 Å². The van der Waals surface area contributed by atoms with E-state index in [2.05, 4.69) is 17.2 Å². The summed E-state index contributed by atoms with van der Waals surface area (Å²) < 4.78 is 5.13. The predicted octanol–water partition coefficient (Wildman–Crippen LogP) is 0.109. The van der Waals surface area contributed by atoms with E-state index in [-0.39, 0.29) is 18.1 Å². The number of hydrogen-bond donors (Lipinski definition) is 1. The molecule has 1 atom stereocenters. The summed E-state index contributed by atoms with van der Waals surface area (Å²) >= 11 is 0. The fraction of sp³-hybridized carbons (Fsp3) is 0.636. The predicted molar refractivity (Wildman–Crippen MR) is 56.5 cm³/mol. The van der Waals surface area contributed by atoms with Gasteiger partial charge in [-0.15, -0.1) is 0 Å². The van der Waals surface area contributed by atoms with Gasteiger partial charge in [-0.25, -0.2) is 4.79 Å². The van der Waals surface area contributed by atoms with Crippen LogP contribution in [0.5, 0.6) is 0 Å². The summed E-state index contributed by atoms with van der Waals surface area (Å²) in [5, 5.41) is 2.61. The third-order valence-corrected chi connectivity index (χ3v) is 2.62. The molecule has 2 amide bonds. The van der Waals surface area contributed by atoms with Crippen LogP contribution in [-0.2, 0) is 9.53 Å². The van der Waals surface area contributed by atoms with E-state index in [1.165, 1.54) is 0 Å². The maximum atomic E-state index is 11.4. The maximum absolute atomic E-state index is 11.4. The minimum Gasteiger partial charge on any atom is -0.442 e. The normalized spacial score (nSPS) is 23.4. The number of hydrogen-bond acceptors (Lipinski definition) is 3. The van der Waals surface area contributed by atoms with Gasteiger partial charge in [0.25, 0.3) is 5.91 Å². The highest BCUT2D eigenvalue weighted by Gasteiger charge is 2.40. The second kappa shape index (κ2) is 4.44. The van der Waals surface area contributed by atoms with Crippen molar-refractivity contribution in [2.24, 2.45) is 0 Å². The van der Waals surface area contributed by atoms with Crippen LogP contribution in [0.2, 0.25) is 0 Å². The summed E-state index contributed by atoms with van der Waals surface area (Å²) in [6.07, 6.45) is 1.63. The van der Waals surface area contributed by atoms with Gasteiger partial charge in [-0.05, 0) is 25.7 Å². The van der Waals surface area contributed by atoms with Crippen LogP contribution in [0.15, 0.2) is 0 Å². The Balaban J connectivity index is 1.77. The van der Waals surface area contributed by atoms with Gasteiger partial charge < -0.3 is 15.0 Å². The molecule has 1 N–H and O–H groups in total. The second-order valence-electron chi connectivity index (χ2n) is 3.97. The molecule has 0 aromatic carbocycles. The van der Waals surface area contributed by atoms with Gasteiger partial charge in [0.05, 0.1) is 13.1 Å². The Hall–Kier alpha value is -1.70. The molecule has 86 valence electrons. The highest BCUT2D eigenvalue weighted by molar-refractivity contribution is 5.93. The molecule has 1 saturated heterocycles. The lowest BCUT2D eigenvalue weighted by Gasteiger charge is -2.10. The van der Waals surface area contributed by atoms with E-state index in [4.69, 9.17) is 4.74 Å². The van der Waals surface area contributed by atoms with E-state index >= 15 is 0 Å². The lowest BCUT2D eigenvalue weighted by Crippen LogP contribution is -2.34. The van der Waals surface area contributed by atoms with Crippen molar-refractivity contribution in [1.29, 1.82) is 0 Å². The highest BCUT2D eigenvalue weighted by atomic mass is 16.6. The molecule has 1 unspecified atom stereocenters. The van der Waals surface area contributed by atoms with Gasteiger partial charge in [0.2, 0.25) is 0 Å². The fourth-order valence-corrected chi connectivity index (χ4v) is 1.70. The Morgan fingerprint density at radius 2 is 2.38 bits per heavy atom. The standard InChI is InChI=1S/C11H14N2O3/c1-2-3-10(14)12-6-9-7-13(8-4-5-8)11(15)16-9/h8-9H,4-7H2,1H3,(H,12,14). The molecule has 0 aromatic rings. The molecule has 5 heteroatoms. The van der Waals surface area contributed by atoms with Crippen molar-refractivity contribution in [3.8, 4) is 11.8 Å². The largest absolute Gasteiger partial charge is 0.442 e. The molecule has 1 heterocycles. The molecular formula is C11H14N2O3. The zero-order valence-electron chi connectivity index (χ0n) is 9.16. The smallest absolute Gasteiger partial charge is 0.410 e. The van der Waals surface area contributed by atoms with Crippen LogP contribution in [0.3, 0.4) is 0 Å². The highest BCUT2D eigenvalue weighted by Crippen LogP contribution is 2.30. The van der Waals surface area contributed by atoms with E-state index in [9.17, 15) is 9.59 Å². The number of carbonyl (C=O) groups is 2. The van der Waals surface area contributed by atoms with E-state index in [1.807, 2.05) is 0 Å². The van der Waals surface area contributed by atoms with Gasteiger partial charge in [-0.1, -0.05) is 5.92 Å². The topological polar surface area (TPSA) is 58.6 Å². The number of nitrogens with one attached hydrogen (secondary N) is 1. The molecule has 16 heavy (non-hydrogen) atoms. The number of amides is 2. The number of ether oxygens (including phenoxy) is 1. The first-order valence-corrected chi connectivity index (χ1v) is 5.38. The van der Waals surface area contributed by atoms with Gasteiger partial charge in [-0.3, -0.25) is 4.79 Å². The Kier molecular flexibility index (Phi) is 3.00. The van der Waals surface area contributed by atoms with Crippen molar-refractivity contribution in [3.05, 3.63) is 0 Å². The Morgan fingerprint density at radius 3 is 3.00 bits per heavy atom. The van der Waals surface area contributed by atoms with Crippen molar-refractivity contribution < 1.29 is 14.3 Å². The lowest BCUT2D eigenvalue weighted by molar-refractivity contribution is -0.116. The third-order valence-electron chi connectivity index (χ3n) is 2.62. The van der Waals surface area contributed by atoms with Crippen LogP contribution in [-0.4, -0.2) is 42.1 Å². The average molecular weight is 222 g/mol. The maximum Gasteiger partial charge on any atom is 0.410 e. The summed E-state index contributed by atoms with van der Waals surface area (Å²) in [7, 11) is 0. The van der Waals surface area contributed by atoms with Crippen molar-refractivity contribution >= 4 is 12.0 Å². The van der Waals surface area contributed by atoms with Gasteiger partial charge in [-0.2, -0.15) is 0 Å². The van der Waals surface area contributed by atoms with Gasteiger partial charge >= 0.3 is 6.09 Å². The van der Waals surface area contributed by atoms with E-state index in [0.717, 1.165) is 12.8 Å². The molecule has 1 saturated carbocycles. The van der Waals surface area contributed by atoms with Crippen molar-refractivity contribution in [3.63, 3.8) is 0 Å². The van der Waals surface area contributed by atoms with Crippen LogP contribution in [0, 0.1) is 11.8 Å². The summed E-state index contributed by atoms with van der Waals surface area (Å²) in [5.74, 6) is 4.55. The van der Waals surface area contributed by atoms with Crippen LogP contribution in [0.25, 0.3) is 0 Å². The van der Waals surface area contributed by atoms with Crippen molar-refractivity contribution in [1.82, 2.24) is 10.2 Å². The van der Waals surface area contributed by atoms with Gasteiger partial charge in [0.15, 0.2) is 0 Å². The first-order chi connectivity index (χ1) is 7.70. The first-order valence-electron chi connectivity index (χ1n) is 5.38. The summed E-state index contributed by atoms with van der Waals surface area (Å²) in [5.41, 5.74) is 0. The van der Waals surface area contributed by atoms with E-state index in [0.29, 0.717) is 19.1 Å². The number of carbonyl (C=O) groups excluding carboxylic acids is 2. The summed E-state index contributed by atoms with van der Waals surface area (Å²) in [6, 6.07) is 0.364. The number of nitrogens with zero attached hydrogens (tertiary/aromatic N) is 1. The summed E-state index contributed by atoms with van der Waals surface area (Å²) in [6.45, 7) is 2.51. The zero-order chi connectivity index (χ0) is 11.5. The number of cyclic esters (lactones) is 1. The average Bonchev–Trinajstić information content (AvgIpc) is 3.01. The minimum absolute atomic E-state index is 0.240. The van der Waals surface area contributed by atoms with Crippen molar-refractivity contribution in [2.75, 3.05) is 13.1 Å². The molecular weight excluding hydrogens is 208 g/mol. The lowest BCUT2D eigenvalue weighted by atomic mass is 10.3. The molecule has 1 aliphatic heterocycles. The molecule has 1 aliphatic carbocycles. The van der Waals surface area contributed by atoms with Gasteiger partial charge in [0.1, 0.15) is 6.10 Å². The SMILES string of the molecule is CC#CC(=O)NCC1CN(C2CC2)C(=O)O1. The van der Waals surface area contributed by atoms with Crippen LogP contribution in [0.1, 0.15) is 19.8 Å². The van der Waals surface area contributed by atoms with Crippen LogP contribution < -0.4 is 5.32 Å². The molecule has 0 bridgehead atoms. The molecule has 0 radical (unpaired) electrons. The zero-order valence-corrected chi connectivity index (χ0v) is 9.16. The minimum atomic E-state index is -0.330. The van der Waals surface area contributed by atoms with Crippen LogP contribution in [0.4, 0.5) is 4.79 Å². The fourth-order valence-electron chi connectivity index (χ4n) is 1.70. The molecule has 2 aliphatic rings. The quantitative estimate of drug-likeness (QED) is 0.689. The number of rotatable bonds is 3. The molecule has 2 fully saturated rings.